The third-order valence-corrected chi connectivity index (χ3v) is 4.67. The standard InChI is InChI=1S/C19H22BrNO2/c1-12-5-6-13(2)17(9-12)15(4)21-19(22)11-23-16-7-8-18(20)14(3)10-16/h5-10,15H,11H2,1-4H3,(H,21,22). The number of nitrogens with one attached hydrogen (secondary N) is 1. The molecule has 2 aromatic carbocycles. The average molecular weight is 376 g/mol. The van der Waals surface area contributed by atoms with E-state index >= 15 is 0 Å². The van der Waals surface area contributed by atoms with Gasteiger partial charge in [0.15, 0.2) is 6.61 Å². The number of carbonyl (C=O) groups is 1. The molecule has 23 heavy (non-hydrogen) atoms. The van der Waals surface area contributed by atoms with E-state index < -0.39 is 0 Å². The van der Waals surface area contributed by atoms with Gasteiger partial charge in [0.1, 0.15) is 5.75 Å². The van der Waals surface area contributed by atoms with Crippen molar-refractivity contribution in [3.63, 3.8) is 0 Å². The molecule has 1 N–H and O–H groups in total. The quantitative estimate of drug-likeness (QED) is 0.826. The molecular formula is C19H22BrNO2. The predicted molar refractivity (Wildman–Crippen MR) is 96.8 cm³/mol. The molecule has 122 valence electrons. The van der Waals surface area contributed by atoms with Gasteiger partial charge in [-0.3, -0.25) is 4.79 Å². The molecule has 0 aliphatic heterocycles. The van der Waals surface area contributed by atoms with Gasteiger partial charge in [0.05, 0.1) is 6.04 Å². The summed E-state index contributed by atoms with van der Waals surface area (Å²) in [6.45, 7) is 8.09. The first-order chi connectivity index (χ1) is 10.9. The second-order valence-corrected chi connectivity index (χ2v) is 6.70. The Hall–Kier alpha value is -1.81. The number of hydrogen-bond donors (Lipinski definition) is 1. The largest absolute Gasteiger partial charge is 0.484 e. The zero-order chi connectivity index (χ0) is 17.0. The minimum atomic E-state index is -0.126. The van der Waals surface area contributed by atoms with Crippen molar-refractivity contribution in [3.8, 4) is 5.75 Å². The highest BCUT2D eigenvalue weighted by atomic mass is 79.9. The van der Waals surface area contributed by atoms with Crippen LogP contribution in [0.1, 0.15) is 35.2 Å². The van der Waals surface area contributed by atoms with Gasteiger partial charge in [0.2, 0.25) is 0 Å². The number of halogens is 1. The SMILES string of the molecule is Cc1ccc(C)c(C(C)NC(=O)COc2ccc(Br)c(C)c2)c1. The van der Waals surface area contributed by atoms with E-state index in [0.29, 0.717) is 5.75 Å². The van der Waals surface area contributed by atoms with Crippen LogP contribution in [0.4, 0.5) is 0 Å². The number of hydrogen-bond acceptors (Lipinski definition) is 2. The highest BCUT2D eigenvalue weighted by Crippen LogP contribution is 2.22. The summed E-state index contributed by atoms with van der Waals surface area (Å²) in [5.74, 6) is 0.569. The Morgan fingerprint density at radius 3 is 2.57 bits per heavy atom. The van der Waals surface area contributed by atoms with Gasteiger partial charge in [-0.15, -0.1) is 0 Å². The smallest absolute Gasteiger partial charge is 0.258 e. The van der Waals surface area contributed by atoms with E-state index in [2.05, 4.69) is 53.3 Å². The number of benzene rings is 2. The Balaban J connectivity index is 1.93. The number of carbonyl (C=O) groups excluding carboxylic acids is 1. The van der Waals surface area contributed by atoms with Crippen molar-refractivity contribution in [1.29, 1.82) is 0 Å². The van der Waals surface area contributed by atoms with Crippen LogP contribution in [-0.4, -0.2) is 12.5 Å². The van der Waals surface area contributed by atoms with Gasteiger partial charge in [-0.25, -0.2) is 0 Å². The van der Waals surface area contributed by atoms with Crippen molar-refractivity contribution in [3.05, 3.63) is 63.1 Å². The maximum atomic E-state index is 12.1. The van der Waals surface area contributed by atoms with Crippen molar-refractivity contribution in [2.24, 2.45) is 0 Å². The van der Waals surface area contributed by atoms with E-state index in [4.69, 9.17) is 4.74 Å². The molecule has 0 aromatic heterocycles. The van der Waals surface area contributed by atoms with Crippen LogP contribution in [0.15, 0.2) is 40.9 Å². The molecule has 0 saturated carbocycles. The first-order valence-electron chi connectivity index (χ1n) is 7.62. The molecule has 0 heterocycles. The minimum Gasteiger partial charge on any atom is -0.484 e. The second-order valence-electron chi connectivity index (χ2n) is 5.85. The molecule has 0 saturated heterocycles. The maximum Gasteiger partial charge on any atom is 0.258 e. The lowest BCUT2D eigenvalue weighted by molar-refractivity contribution is -0.123. The lowest BCUT2D eigenvalue weighted by atomic mass is 10.00. The van der Waals surface area contributed by atoms with Crippen molar-refractivity contribution in [1.82, 2.24) is 5.32 Å². The number of rotatable bonds is 5. The summed E-state index contributed by atoms with van der Waals surface area (Å²) >= 11 is 3.45. The normalized spacial score (nSPS) is 11.9. The van der Waals surface area contributed by atoms with Gasteiger partial charge < -0.3 is 10.1 Å². The zero-order valence-corrected chi connectivity index (χ0v) is 15.5. The molecular weight excluding hydrogens is 354 g/mol. The number of amides is 1. The third kappa shape index (κ3) is 4.83. The summed E-state index contributed by atoms with van der Waals surface area (Å²) in [6, 6.07) is 11.9. The first kappa shape index (κ1) is 17.5. The summed E-state index contributed by atoms with van der Waals surface area (Å²) in [5.41, 5.74) is 4.57. The van der Waals surface area contributed by atoms with Crippen LogP contribution in [0, 0.1) is 20.8 Å². The lowest BCUT2D eigenvalue weighted by Gasteiger charge is -2.17. The molecule has 0 spiro atoms. The molecule has 4 heteroatoms. The predicted octanol–water partition coefficient (Wildman–Crippen LogP) is 4.63. The highest BCUT2D eigenvalue weighted by Gasteiger charge is 2.12. The lowest BCUT2D eigenvalue weighted by Crippen LogP contribution is -2.31. The molecule has 2 aromatic rings. The zero-order valence-electron chi connectivity index (χ0n) is 13.9. The van der Waals surface area contributed by atoms with Gasteiger partial charge in [0, 0.05) is 4.47 Å². The van der Waals surface area contributed by atoms with E-state index in [9.17, 15) is 4.79 Å². The molecule has 0 bridgehead atoms. The monoisotopic (exact) mass is 375 g/mol. The van der Waals surface area contributed by atoms with Gasteiger partial charge in [0.25, 0.3) is 5.91 Å². The molecule has 1 unspecified atom stereocenters. The summed E-state index contributed by atoms with van der Waals surface area (Å²) in [6.07, 6.45) is 0. The van der Waals surface area contributed by atoms with Gasteiger partial charge in [-0.2, -0.15) is 0 Å². The van der Waals surface area contributed by atoms with Crippen molar-refractivity contribution in [2.45, 2.75) is 33.7 Å². The fourth-order valence-electron chi connectivity index (χ4n) is 2.44. The van der Waals surface area contributed by atoms with Crippen molar-refractivity contribution < 1.29 is 9.53 Å². The molecule has 0 aliphatic rings. The van der Waals surface area contributed by atoms with Crippen LogP contribution in [0.5, 0.6) is 5.75 Å². The fourth-order valence-corrected chi connectivity index (χ4v) is 2.69. The highest BCUT2D eigenvalue weighted by molar-refractivity contribution is 9.10. The Morgan fingerprint density at radius 2 is 1.87 bits per heavy atom. The van der Waals surface area contributed by atoms with Crippen LogP contribution in [0.3, 0.4) is 0 Å². The molecule has 3 nitrogen and oxygen atoms in total. The average Bonchev–Trinajstić information content (AvgIpc) is 2.50. The molecule has 1 amide bonds. The summed E-state index contributed by atoms with van der Waals surface area (Å²) in [5, 5.41) is 2.99. The van der Waals surface area contributed by atoms with Gasteiger partial charge in [-0.05, 0) is 62.6 Å². The Kier molecular flexibility index (Phi) is 5.83. The fraction of sp³-hybridized carbons (Fsp3) is 0.316. The van der Waals surface area contributed by atoms with Crippen LogP contribution >= 0.6 is 15.9 Å². The van der Waals surface area contributed by atoms with Gasteiger partial charge in [-0.1, -0.05) is 39.7 Å². The van der Waals surface area contributed by atoms with Crippen molar-refractivity contribution >= 4 is 21.8 Å². The van der Waals surface area contributed by atoms with Crippen LogP contribution in [0.25, 0.3) is 0 Å². The topological polar surface area (TPSA) is 38.3 Å². The van der Waals surface area contributed by atoms with E-state index in [1.807, 2.05) is 32.0 Å². The molecule has 0 radical (unpaired) electrons. The Bertz CT molecular complexity index is 713. The van der Waals surface area contributed by atoms with Gasteiger partial charge >= 0.3 is 0 Å². The molecule has 2 rings (SSSR count). The molecule has 0 fully saturated rings. The number of aryl methyl sites for hydroxylation is 3. The second kappa shape index (κ2) is 7.64. The Labute approximate surface area is 146 Å². The van der Waals surface area contributed by atoms with E-state index in [1.54, 1.807) is 0 Å². The van der Waals surface area contributed by atoms with Crippen LogP contribution < -0.4 is 10.1 Å². The van der Waals surface area contributed by atoms with E-state index in [1.165, 1.54) is 11.1 Å². The summed E-state index contributed by atoms with van der Waals surface area (Å²) in [7, 11) is 0. The maximum absolute atomic E-state index is 12.1. The first-order valence-corrected chi connectivity index (χ1v) is 8.41. The van der Waals surface area contributed by atoms with E-state index in [0.717, 1.165) is 15.6 Å². The Morgan fingerprint density at radius 1 is 1.13 bits per heavy atom. The minimum absolute atomic E-state index is 0.0102. The molecule has 0 aliphatic carbocycles. The van der Waals surface area contributed by atoms with Crippen LogP contribution in [0.2, 0.25) is 0 Å². The van der Waals surface area contributed by atoms with E-state index in [-0.39, 0.29) is 18.6 Å². The summed E-state index contributed by atoms with van der Waals surface area (Å²) in [4.78, 5) is 12.1. The molecule has 1 atom stereocenters. The summed E-state index contributed by atoms with van der Waals surface area (Å²) < 4.78 is 6.59. The number of ether oxygens (including phenoxy) is 1. The third-order valence-electron chi connectivity index (χ3n) is 3.78. The van der Waals surface area contributed by atoms with Crippen LogP contribution in [-0.2, 0) is 4.79 Å². The van der Waals surface area contributed by atoms with Crippen molar-refractivity contribution in [2.75, 3.05) is 6.61 Å².